The number of ether oxygens (including phenoxy) is 1. The van der Waals surface area contributed by atoms with Crippen LogP contribution in [0.1, 0.15) is 22.7 Å². The third-order valence-electron chi connectivity index (χ3n) is 3.47. The maximum absolute atomic E-state index is 12.3. The van der Waals surface area contributed by atoms with E-state index in [9.17, 15) is 4.79 Å². The number of hydrogen-bond acceptors (Lipinski definition) is 4. The second-order valence-corrected chi connectivity index (χ2v) is 6.48. The highest BCUT2D eigenvalue weighted by atomic mass is 32.1. The first-order chi connectivity index (χ1) is 10.1. The van der Waals surface area contributed by atoms with Crippen LogP contribution < -0.4 is 15.4 Å². The molecule has 3 rings (SSSR count). The fraction of sp³-hybridized carbons (Fsp3) is 0.312. The minimum atomic E-state index is -0.497. The van der Waals surface area contributed by atoms with Crippen LogP contribution in [0.25, 0.3) is 0 Å². The number of thiophene rings is 1. The van der Waals surface area contributed by atoms with E-state index in [1.54, 1.807) is 11.3 Å². The Bertz CT molecular complexity index is 653. The van der Waals surface area contributed by atoms with E-state index in [0.717, 1.165) is 16.3 Å². The van der Waals surface area contributed by atoms with E-state index < -0.39 is 6.10 Å². The van der Waals surface area contributed by atoms with Gasteiger partial charge in [-0.1, -0.05) is 12.1 Å². The predicted molar refractivity (Wildman–Crippen MR) is 85.0 cm³/mol. The van der Waals surface area contributed by atoms with Crippen molar-refractivity contribution in [1.29, 1.82) is 0 Å². The molecule has 0 radical (unpaired) electrons. The molecule has 0 spiro atoms. The zero-order valence-electron chi connectivity index (χ0n) is 12.1. The Hall–Kier alpha value is -2.01. The molecule has 2 unspecified atom stereocenters. The number of amides is 1. The van der Waals surface area contributed by atoms with Crippen molar-refractivity contribution in [1.82, 2.24) is 5.32 Å². The molecule has 110 valence electrons. The smallest absolute Gasteiger partial charge is 0.263 e. The number of para-hydroxylation sites is 2. The van der Waals surface area contributed by atoms with Crippen molar-refractivity contribution in [2.75, 3.05) is 11.9 Å². The van der Waals surface area contributed by atoms with Crippen LogP contribution in [0, 0.1) is 6.92 Å². The molecular formula is C16H18N2O2S. The van der Waals surface area contributed by atoms with Gasteiger partial charge in [-0.05, 0) is 38.1 Å². The van der Waals surface area contributed by atoms with Crippen LogP contribution in [0.4, 0.5) is 5.69 Å². The topological polar surface area (TPSA) is 50.4 Å². The van der Waals surface area contributed by atoms with Crippen LogP contribution in [-0.2, 0) is 4.79 Å². The summed E-state index contributed by atoms with van der Waals surface area (Å²) in [6, 6.07) is 11.8. The number of nitrogens with one attached hydrogen (secondary N) is 2. The van der Waals surface area contributed by atoms with Crippen molar-refractivity contribution in [2.24, 2.45) is 0 Å². The first-order valence-electron chi connectivity index (χ1n) is 7.00. The van der Waals surface area contributed by atoms with Gasteiger partial charge in [0.25, 0.3) is 5.91 Å². The van der Waals surface area contributed by atoms with Crippen LogP contribution in [0.5, 0.6) is 5.75 Å². The van der Waals surface area contributed by atoms with Crippen molar-refractivity contribution in [3.05, 3.63) is 46.2 Å². The average molecular weight is 302 g/mol. The molecule has 2 atom stereocenters. The quantitative estimate of drug-likeness (QED) is 0.916. The predicted octanol–water partition coefficient (Wildman–Crippen LogP) is 3.11. The summed E-state index contributed by atoms with van der Waals surface area (Å²) < 4.78 is 5.76. The molecule has 1 aromatic carbocycles. The van der Waals surface area contributed by atoms with Crippen molar-refractivity contribution >= 4 is 22.9 Å². The van der Waals surface area contributed by atoms with Gasteiger partial charge in [-0.3, -0.25) is 4.79 Å². The van der Waals surface area contributed by atoms with Gasteiger partial charge in [0.1, 0.15) is 5.75 Å². The summed E-state index contributed by atoms with van der Waals surface area (Å²) in [7, 11) is 0. The van der Waals surface area contributed by atoms with Gasteiger partial charge < -0.3 is 15.4 Å². The number of fused-ring (bicyclic) bond motifs is 1. The first-order valence-corrected chi connectivity index (χ1v) is 7.81. The van der Waals surface area contributed by atoms with Crippen LogP contribution in [0.15, 0.2) is 36.4 Å². The lowest BCUT2D eigenvalue weighted by atomic mass is 10.2. The zero-order chi connectivity index (χ0) is 14.8. The van der Waals surface area contributed by atoms with E-state index in [4.69, 9.17) is 4.74 Å². The van der Waals surface area contributed by atoms with E-state index in [-0.39, 0.29) is 11.9 Å². The molecule has 4 nitrogen and oxygen atoms in total. The van der Waals surface area contributed by atoms with Crippen molar-refractivity contribution in [3.8, 4) is 5.75 Å². The molecule has 0 saturated carbocycles. The highest BCUT2D eigenvalue weighted by Gasteiger charge is 2.26. The monoisotopic (exact) mass is 302 g/mol. The molecule has 0 aliphatic carbocycles. The molecule has 1 aromatic heterocycles. The van der Waals surface area contributed by atoms with Crippen LogP contribution in [0.2, 0.25) is 0 Å². The third kappa shape index (κ3) is 3.03. The van der Waals surface area contributed by atoms with E-state index in [1.807, 2.05) is 31.2 Å². The van der Waals surface area contributed by atoms with E-state index in [2.05, 4.69) is 29.7 Å². The molecule has 2 heterocycles. The summed E-state index contributed by atoms with van der Waals surface area (Å²) in [6.45, 7) is 4.54. The van der Waals surface area contributed by atoms with Gasteiger partial charge in [-0.25, -0.2) is 0 Å². The highest BCUT2D eigenvalue weighted by molar-refractivity contribution is 7.12. The molecule has 2 aromatic rings. The normalized spacial score (nSPS) is 18.1. The van der Waals surface area contributed by atoms with Gasteiger partial charge in [0, 0.05) is 9.75 Å². The number of hydrogen-bond donors (Lipinski definition) is 2. The van der Waals surface area contributed by atoms with E-state index >= 15 is 0 Å². The van der Waals surface area contributed by atoms with Crippen molar-refractivity contribution in [2.45, 2.75) is 26.0 Å². The molecule has 2 N–H and O–H groups in total. The first kappa shape index (κ1) is 13.9. The lowest BCUT2D eigenvalue weighted by molar-refractivity contribution is -0.128. The average Bonchev–Trinajstić information content (AvgIpc) is 2.93. The van der Waals surface area contributed by atoms with Crippen LogP contribution in [0.3, 0.4) is 0 Å². The minimum absolute atomic E-state index is 0.00281. The number of carbonyl (C=O) groups is 1. The number of aryl methyl sites for hydroxylation is 1. The molecule has 1 aliphatic heterocycles. The lowest BCUT2D eigenvalue weighted by Crippen LogP contribution is -2.45. The molecule has 5 heteroatoms. The maximum atomic E-state index is 12.3. The molecule has 0 fully saturated rings. The van der Waals surface area contributed by atoms with Gasteiger partial charge in [0.2, 0.25) is 0 Å². The summed E-state index contributed by atoms with van der Waals surface area (Å²) in [5.74, 6) is 0.638. The molecule has 1 amide bonds. The SMILES string of the molecule is Cc1ccc(C(C)NC(=O)C2CNc3ccccc3O2)s1. The molecule has 0 saturated heterocycles. The van der Waals surface area contributed by atoms with Crippen molar-refractivity contribution in [3.63, 3.8) is 0 Å². The summed E-state index contributed by atoms with van der Waals surface area (Å²) in [5.41, 5.74) is 0.934. The third-order valence-corrected chi connectivity index (χ3v) is 4.66. The number of anilines is 1. The second-order valence-electron chi connectivity index (χ2n) is 5.16. The molecule has 1 aliphatic rings. The van der Waals surface area contributed by atoms with Crippen molar-refractivity contribution < 1.29 is 9.53 Å². The van der Waals surface area contributed by atoms with Gasteiger partial charge in [0.05, 0.1) is 18.3 Å². The Balaban J connectivity index is 1.64. The largest absolute Gasteiger partial charge is 0.477 e. The number of benzene rings is 1. The van der Waals surface area contributed by atoms with Gasteiger partial charge >= 0.3 is 0 Å². The van der Waals surface area contributed by atoms with Gasteiger partial charge in [-0.2, -0.15) is 0 Å². The summed E-state index contributed by atoms with van der Waals surface area (Å²) >= 11 is 1.70. The highest BCUT2D eigenvalue weighted by Crippen LogP contribution is 2.28. The molecule has 0 bridgehead atoms. The Morgan fingerprint density at radius 2 is 2.19 bits per heavy atom. The molecule has 21 heavy (non-hydrogen) atoms. The standard InChI is InChI=1S/C16H18N2O2S/c1-10-7-8-15(21-10)11(2)18-16(19)14-9-17-12-5-3-4-6-13(12)20-14/h3-8,11,14,17H,9H2,1-2H3,(H,18,19). The maximum Gasteiger partial charge on any atom is 0.263 e. The van der Waals surface area contributed by atoms with Crippen LogP contribution in [-0.4, -0.2) is 18.6 Å². The van der Waals surface area contributed by atoms with Gasteiger partial charge in [-0.15, -0.1) is 11.3 Å². The number of carbonyl (C=O) groups excluding carboxylic acids is 1. The number of rotatable bonds is 3. The minimum Gasteiger partial charge on any atom is -0.477 e. The van der Waals surface area contributed by atoms with E-state index in [1.165, 1.54) is 4.88 Å². The molecular weight excluding hydrogens is 284 g/mol. The van der Waals surface area contributed by atoms with Gasteiger partial charge in [0.15, 0.2) is 6.10 Å². The fourth-order valence-electron chi connectivity index (χ4n) is 2.32. The Morgan fingerprint density at radius 3 is 2.95 bits per heavy atom. The van der Waals surface area contributed by atoms with E-state index in [0.29, 0.717) is 6.54 Å². The summed E-state index contributed by atoms with van der Waals surface area (Å²) in [6.07, 6.45) is -0.497. The Kier molecular flexibility index (Phi) is 3.84. The summed E-state index contributed by atoms with van der Waals surface area (Å²) in [5, 5.41) is 6.24. The summed E-state index contributed by atoms with van der Waals surface area (Å²) in [4.78, 5) is 14.7. The second kappa shape index (κ2) is 5.77. The fourth-order valence-corrected chi connectivity index (χ4v) is 3.20. The Labute approximate surface area is 128 Å². The lowest BCUT2D eigenvalue weighted by Gasteiger charge is -2.27. The zero-order valence-corrected chi connectivity index (χ0v) is 12.9. The van der Waals surface area contributed by atoms with Crippen LogP contribution >= 0.6 is 11.3 Å². The Morgan fingerprint density at radius 1 is 1.38 bits per heavy atom.